The van der Waals surface area contributed by atoms with Gasteiger partial charge in [-0.2, -0.15) is 0 Å². The van der Waals surface area contributed by atoms with Crippen LogP contribution in [0.25, 0.3) is 22.4 Å². The summed E-state index contributed by atoms with van der Waals surface area (Å²) in [5.41, 5.74) is 5.12. The predicted molar refractivity (Wildman–Crippen MR) is 111 cm³/mol. The average Bonchev–Trinajstić information content (AvgIpc) is 3.37. The first kappa shape index (κ1) is 18.7. The molecule has 1 atom stereocenters. The zero-order chi connectivity index (χ0) is 19.8. The Kier molecular flexibility index (Phi) is 4.98. The minimum Gasteiger partial charge on any atom is -0.376 e. The summed E-state index contributed by atoms with van der Waals surface area (Å²) in [5, 5.41) is 3.17. The van der Waals surface area contributed by atoms with Gasteiger partial charge in [-0.05, 0) is 44.4 Å². The van der Waals surface area contributed by atoms with Gasteiger partial charge in [-0.3, -0.25) is 4.79 Å². The summed E-state index contributed by atoms with van der Waals surface area (Å²) in [4.78, 5) is 20.8. The molecular formula is C22H28N4O2. The van der Waals surface area contributed by atoms with E-state index >= 15 is 0 Å². The summed E-state index contributed by atoms with van der Waals surface area (Å²) < 4.78 is 8.05. The quantitative estimate of drug-likeness (QED) is 0.688. The van der Waals surface area contributed by atoms with Crippen molar-refractivity contribution in [3.8, 4) is 11.4 Å². The van der Waals surface area contributed by atoms with E-state index in [4.69, 9.17) is 9.72 Å². The molecule has 0 spiro atoms. The van der Waals surface area contributed by atoms with E-state index in [2.05, 4.69) is 28.7 Å². The van der Waals surface area contributed by atoms with Crippen LogP contribution in [-0.4, -0.2) is 33.2 Å². The molecule has 1 saturated heterocycles. The molecule has 2 aromatic heterocycles. The monoisotopic (exact) mass is 380 g/mol. The van der Waals surface area contributed by atoms with Gasteiger partial charge >= 0.3 is 0 Å². The molecule has 2 N–H and O–H groups in total. The van der Waals surface area contributed by atoms with Crippen LogP contribution in [0.2, 0.25) is 0 Å². The van der Waals surface area contributed by atoms with Crippen molar-refractivity contribution in [1.29, 1.82) is 0 Å². The summed E-state index contributed by atoms with van der Waals surface area (Å²) in [6.07, 6.45) is 2.33. The molecule has 6 heteroatoms. The number of ether oxygens (including phenoxy) is 1. The minimum atomic E-state index is -0.102. The Labute approximate surface area is 165 Å². The van der Waals surface area contributed by atoms with Crippen LogP contribution in [0.5, 0.6) is 0 Å². The molecule has 1 amide bonds. The highest BCUT2D eigenvalue weighted by Gasteiger charge is 2.26. The second kappa shape index (κ2) is 7.43. The second-order valence-corrected chi connectivity index (χ2v) is 7.93. The Morgan fingerprint density at radius 3 is 2.82 bits per heavy atom. The third kappa shape index (κ3) is 3.33. The van der Waals surface area contributed by atoms with Crippen LogP contribution < -0.4 is 5.32 Å². The van der Waals surface area contributed by atoms with Crippen molar-refractivity contribution in [1.82, 2.24) is 14.5 Å². The number of fused-ring (bicyclic) bond motifs is 1. The van der Waals surface area contributed by atoms with Gasteiger partial charge in [0.2, 0.25) is 5.91 Å². The van der Waals surface area contributed by atoms with E-state index in [1.807, 2.05) is 38.1 Å². The van der Waals surface area contributed by atoms with Crippen LogP contribution in [-0.2, 0) is 16.1 Å². The first-order valence-corrected chi connectivity index (χ1v) is 10.0. The van der Waals surface area contributed by atoms with Crippen LogP contribution in [0.4, 0.5) is 5.82 Å². The van der Waals surface area contributed by atoms with Crippen LogP contribution in [0.3, 0.4) is 0 Å². The molecular weight excluding hydrogens is 352 g/mol. The molecule has 1 aliphatic heterocycles. The maximum absolute atomic E-state index is 12.6. The lowest BCUT2D eigenvalue weighted by atomic mass is 10.1. The van der Waals surface area contributed by atoms with E-state index in [1.165, 1.54) is 0 Å². The maximum Gasteiger partial charge on any atom is 0.228 e. The smallest absolute Gasteiger partial charge is 0.228 e. The van der Waals surface area contributed by atoms with Crippen molar-refractivity contribution in [2.24, 2.45) is 5.92 Å². The zero-order valence-corrected chi connectivity index (χ0v) is 17.0. The van der Waals surface area contributed by atoms with Gasteiger partial charge in [0, 0.05) is 18.2 Å². The fourth-order valence-corrected chi connectivity index (χ4v) is 3.84. The summed E-state index contributed by atoms with van der Waals surface area (Å²) >= 11 is 0. The van der Waals surface area contributed by atoms with Gasteiger partial charge < -0.3 is 19.6 Å². The topological polar surface area (TPSA) is 71.9 Å². The molecule has 0 saturated carbocycles. The summed E-state index contributed by atoms with van der Waals surface area (Å²) in [6.45, 7) is 9.55. The van der Waals surface area contributed by atoms with E-state index in [1.54, 1.807) is 0 Å². The number of hydrogen-bond donors (Lipinski definition) is 2. The number of para-hydroxylation sites is 2. The number of amides is 1. The highest BCUT2D eigenvalue weighted by Crippen LogP contribution is 2.36. The van der Waals surface area contributed by atoms with E-state index in [0.29, 0.717) is 0 Å². The summed E-state index contributed by atoms with van der Waals surface area (Å²) in [7, 11) is 0. The number of carbonyl (C=O) groups is 1. The molecule has 1 aromatic carbocycles. The van der Waals surface area contributed by atoms with Gasteiger partial charge in [-0.1, -0.05) is 26.0 Å². The highest BCUT2D eigenvalue weighted by atomic mass is 16.5. The number of imidazole rings is 1. The number of aromatic amines is 1. The van der Waals surface area contributed by atoms with Crippen LogP contribution in [0.15, 0.2) is 24.3 Å². The van der Waals surface area contributed by atoms with Crippen molar-refractivity contribution in [2.45, 2.75) is 53.2 Å². The van der Waals surface area contributed by atoms with Crippen molar-refractivity contribution < 1.29 is 9.53 Å². The largest absolute Gasteiger partial charge is 0.376 e. The van der Waals surface area contributed by atoms with E-state index in [9.17, 15) is 4.79 Å². The Hall–Kier alpha value is -2.60. The number of carbonyl (C=O) groups excluding carboxylic acids is 1. The van der Waals surface area contributed by atoms with E-state index in [-0.39, 0.29) is 17.9 Å². The fourth-order valence-electron chi connectivity index (χ4n) is 3.84. The van der Waals surface area contributed by atoms with Gasteiger partial charge in [-0.25, -0.2) is 4.98 Å². The number of benzene rings is 1. The van der Waals surface area contributed by atoms with Crippen LogP contribution >= 0.6 is 0 Å². The van der Waals surface area contributed by atoms with Crippen LogP contribution in [0, 0.1) is 19.8 Å². The number of nitrogens with zero attached hydrogens (tertiary/aromatic N) is 2. The van der Waals surface area contributed by atoms with Gasteiger partial charge in [0.15, 0.2) is 0 Å². The van der Waals surface area contributed by atoms with E-state index < -0.39 is 0 Å². The standard InChI is InChI=1S/C22H28N4O2/c1-13(2)22(27)25-21-19(20-23-17-9-5-6-10-18(17)24-20)14(3)15(4)26(21)12-16-8-7-11-28-16/h5-6,9-10,13,16H,7-8,11-12H2,1-4H3,(H,23,24)(H,25,27). The third-order valence-electron chi connectivity index (χ3n) is 5.63. The predicted octanol–water partition coefficient (Wildman–Crippen LogP) is 4.42. The molecule has 148 valence electrons. The number of rotatable bonds is 5. The molecule has 1 unspecified atom stereocenters. The summed E-state index contributed by atoms with van der Waals surface area (Å²) in [6, 6.07) is 7.98. The van der Waals surface area contributed by atoms with Gasteiger partial charge in [0.25, 0.3) is 0 Å². The molecule has 3 heterocycles. The summed E-state index contributed by atoms with van der Waals surface area (Å²) in [5.74, 6) is 1.49. The fraction of sp³-hybridized carbons (Fsp3) is 0.455. The Balaban J connectivity index is 1.84. The molecule has 0 radical (unpaired) electrons. The SMILES string of the molecule is Cc1c(-c2nc3ccccc3[nH]2)c(NC(=O)C(C)C)n(CC2CCCO2)c1C. The lowest BCUT2D eigenvalue weighted by molar-refractivity contribution is -0.118. The number of nitrogens with one attached hydrogen (secondary N) is 2. The zero-order valence-electron chi connectivity index (χ0n) is 17.0. The van der Waals surface area contributed by atoms with E-state index in [0.717, 1.165) is 65.5 Å². The first-order chi connectivity index (χ1) is 13.5. The molecule has 4 rings (SSSR count). The molecule has 0 bridgehead atoms. The molecule has 1 fully saturated rings. The minimum absolute atomic E-state index is 0.00320. The average molecular weight is 380 g/mol. The number of anilines is 1. The molecule has 28 heavy (non-hydrogen) atoms. The molecule has 0 aliphatic carbocycles. The van der Waals surface area contributed by atoms with Crippen molar-refractivity contribution >= 4 is 22.8 Å². The normalized spacial score (nSPS) is 17.0. The highest BCUT2D eigenvalue weighted by molar-refractivity contribution is 5.96. The molecule has 6 nitrogen and oxygen atoms in total. The number of aromatic nitrogens is 3. The number of H-pyrrole nitrogens is 1. The Morgan fingerprint density at radius 2 is 2.14 bits per heavy atom. The van der Waals surface area contributed by atoms with Crippen molar-refractivity contribution in [3.63, 3.8) is 0 Å². The molecule has 3 aromatic rings. The van der Waals surface area contributed by atoms with Gasteiger partial charge in [0.05, 0.1) is 29.2 Å². The number of hydrogen-bond acceptors (Lipinski definition) is 3. The van der Waals surface area contributed by atoms with Gasteiger partial charge in [0.1, 0.15) is 11.6 Å². The van der Waals surface area contributed by atoms with Crippen molar-refractivity contribution in [3.05, 3.63) is 35.5 Å². The lowest BCUT2D eigenvalue weighted by Gasteiger charge is -2.18. The second-order valence-electron chi connectivity index (χ2n) is 7.93. The maximum atomic E-state index is 12.6. The third-order valence-corrected chi connectivity index (χ3v) is 5.63. The Morgan fingerprint density at radius 1 is 1.36 bits per heavy atom. The van der Waals surface area contributed by atoms with Crippen LogP contribution in [0.1, 0.15) is 37.9 Å². The Bertz CT molecular complexity index is 976. The van der Waals surface area contributed by atoms with Gasteiger partial charge in [-0.15, -0.1) is 0 Å². The molecule has 1 aliphatic rings. The first-order valence-electron chi connectivity index (χ1n) is 10.0. The lowest BCUT2D eigenvalue weighted by Crippen LogP contribution is -2.23. The van der Waals surface area contributed by atoms with Crippen molar-refractivity contribution in [2.75, 3.05) is 11.9 Å².